The average molecular weight is 290 g/mol. The van der Waals surface area contributed by atoms with Crippen LogP contribution in [-0.4, -0.2) is 21.1 Å². The Morgan fingerprint density at radius 1 is 1.56 bits per heavy atom. The average Bonchev–Trinajstić information content (AvgIpc) is 2.20. The number of halogens is 1. The second-order valence-electron chi connectivity index (χ2n) is 3.13. The molecule has 0 radical (unpaired) electrons. The van der Waals surface area contributed by atoms with Crippen molar-refractivity contribution in [2.24, 2.45) is 0 Å². The van der Waals surface area contributed by atoms with Crippen LogP contribution in [0.25, 0.3) is 0 Å². The van der Waals surface area contributed by atoms with Crippen LogP contribution in [0, 0.1) is 17.0 Å². The number of aryl methyl sites for hydroxylation is 1. The Hall–Kier alpha value is -1.47. The molecule has 0 saturated heterocycles. The van der Waals surface area contributed by atoms with Crippen molar-refractivity contribution in [2.45, 2.75) is 13.0 Å². The van der Waals surface area contributed by atoms with Crippen molar-refractivity contribution in [2.75, 3.05) is 0 Å². The quantitative estimate of drug-likeness (QED) is 0.652. The van der Waals surface area contributed by atoms with E-state index >= 15 is 0 Å². The van der Waals surface area contributed by atoms with Gasteiger partial charge in [-0.15, -0.1) is 0 Å². The molecule has 6 nitrogen and oxygen atoms in total. The predicted octanol–water partition coefficient (Wildman–Crippen LogP) is 1.78. The van der Waals surface area contributed by atoms with Crippen LogP contribution in [-0.2, 0) is 4.79 Å². The summed E-state index contributed by atoms with van der Waals surface area (Å²) in [6.07, 6.45) is -1.91. The number of aliphatic hydroxyl groups excluding tert-OH is 1. The molecular formula is C9H8BrNO5. The van der Waals surface area contributed by atoms with E-state index in [1.54, 1.807) is 6.92 Å². The Balaban J connectivity index is 3.46. The van der Waals surface area contributed by atoms with E-state index in [-0.39, 0.29) is 10.0 Å². The summed E-state index contributed by atoms with van der Waals surface area (Å²) in [4.78, 5) is 20.7. The van der Waals surface area contributed by atoms with E-state index < -0.39 is 22.7 Å². The van der Waals surface area contributed by atoms with Crippen LogP contribution in [0.4, 0.5) is 5.69 Å². The van der Waals surface area contributed by atoms with Gasteiger partial charge in [0.15, 0.2) is 6.10 Å². The summed E-state index contributed by atoms with van der Waals surface area (Å²) in [5, 5.41) is 28.7. The molecule has 0 amide bonds. The van der Waals surface area contributed by atoms with Crippen molar-refractivity contribution >= 4 is 27.6 Å². The molecule has 2 N–H and O–H groups in total. The Morgan fingerprint density at radius 3 is 2.56 bits per heavy atom. The monoisotopic (exact) mass is 289 g/mol. The van der Waals surface area contributed by atoms with Crippen molar-refractivity contribution in [3.05, 3.63) is 37.8 Å². The SMILES string of the molecule is Cc1ccc(C(O)C(=O)O)c([N+](=O)[O-])c1Br. The van der Waals surface area contributed by atoms with Gasteiger partial charge >= 0.3 is 5.97 Å². The van der Waals surface area contributed by atoms with Crippen molar-refractivity contribution in [3.8, 4) is 0 Å². The highest BCUT2D eigenvalue weighted by atomic mass is 79.9. The molecule has 7 heteroatoms. The zero-order valence-corrected chi connectivity index (χ0v) is 9.76. The minimum absolute atomic E-state index is 0.176. The number of nitrogens with zero attached hydrogens (tertiary/aromatic N) is 1. The zero-order valence-electron chi connectivity index (χ0n) is 8.18. The predicted molar refractivity (Wildman–Crippen MR) is 58.1 cm³/mol. The molecule has 0 aliphatic heterocycles. The number of carbonyl (C=O) groups is 1. The summed E-state index contributed by atoms with van der Waals surface area (Å²) in [6.45, 7) is 1.63. The highest BCUT2D eigenvalue weighted by Crippen LogP contribution is 2.35. The maximum atomic E-state index is 10.8. The lowest BCUT2D eigenvalue weighted by Crippen LogP contribution is -2.13. The van der Waals surface area contributed by atoms with Gasteiger partial charge in [-0.3, -0.25) is 10.1 Å². The molecule has 0 saturated carbocycles. The Labute approximate surface area is 98.8 Å². The van der Waals surface area contributed by atoms with Crippen LogP contribution >= 0.6 is 15.9 Å². The van der Waals surface area contributed by atoms with Crippen LogP contribution in [0.3, 0.4) is 0 Å². The lowest BCUT2D eigenvalue weighted by Gasteiger charge is -2.09. The summed E-state index contributed by atoms with van der Waals surface area (Å²) in [5.74, 6) is -1.53. The third-order valence-corrected chi connectivity index (χ3v) is 3.05. The second kappa shape index (κ2) is 4.58. The van der Waals surface area contributed by atoms with Crippen LogP contribution in [0.15, 0.2) is 16.6 Å². The van der Waals surface area contributed by atoms with Gasteiger partial charge in [0.25, 0.3) is 5.69 Å². The van der Waals surface area contributed by atoms with E-state index in [2.05, 4.69) is 15.9 Å². The maximum absolute atomic E-state index is 10.8. The first kappa shape index (κ1) is 12.6. The van der Waals surface area contributed by atoms with Crippen molar-refractivity contribution in [1.29, 1.82) is 0 Å². The molecule has 16 heavy (non-hydrogen) atoms. The van der Waals surface area contributed by atoms with Gasteiger partial charge in [0.1, 0.15) is 0 Å². The van der Waals surface area contributed by atoms with E-state index in [4.69, 9.17) is 5.11 Å². The number of aliphatic hydroxyl groups is 1. The van der Waals surface area contributed by atoms with E-state index in [1.165, 1.54) is 12.1 Å². The van der Waals surface area contributed by atoms with Gasteiger partial charge in [-0.2, -0.15) is 0 Å². The largest absolute Gasteiger partial charge is 0.479 e. The number of aliphatic carboxylic acids is 1. The molecule has 0 fully saturated rings. The summed E-state index contributed by atoms with van der Waals surface area (Å²) in [5.41, 5.74) is -0.0714. The Bertz CT molecular complexity index is 459. The fourth-order valence-electron chi connectivity index (χ4n) is 1.22. The first-order chi connectivity index (χ1) is 7.36. The number of benzene rings is 1. The first-order valence-corrected chi connectivity index (χ1v) is 4.99. The molecule has 1 aromatic rings. The lowest BCUT2D eigenvalue weighted by atomic mass is 10.0. The third-order valence-electron chi connectivity index (χ3n) is 2.05. The number of rotatable bonds is 3. The maximum Gasteiger partial charge on any atom is 0.337 e. The summed E-state index contributed by atoms with van der Waals surface area (Å²) >= 11 is 3.00. The summed E-state index contributed by atoms with van der Waals surface area (Å²) in [7, 11) is 0. The van der Waals surface area contributed by atoms with Crippen molar-refractivity contribution in [1.82, 2.24) is 0 Å². The molecule has 0 aliphatic rings. The highest BCUT2D eigenvalue weighted by Gasteiger charge is 2.28. The highest BCUT2D eigenvalue weighted by molar-refractivity contribution is 9.10. The van der Waals surface area contributed by atoms with Crippen LogP contribution in [0.2, 0.25) is 0 Å². The Kier molecular flexibility index (Phi) is 3.61. The Morgan fingerprint density at radius 2 is 2.12 bits per heavy atom. The van der Waals surface area contributed by atoms with Gasteiger partial charge in [0.2, 0.25) is 0 Å². The molecule has 0 bridgehead atoms. The topological polar surface area (TPSA) is 101 Å². The van der Waals surface area contributed by atoms with Gasteiger partial charge in [-0.25, -0.2) is 4.79 Å². The van der Waals surface area contributed by atoms with Crippen molar-refractivity contribution in [3.63, 3.8) is 0 Å². The molecule has 1 aromatic carbocycles. The molecule has 0 aliphatic carbocycles. The second-order valence-corrected chi connectivity index (χ2v) is 3.93. The van der Waals surface area contributed by atoms with Gasteiger partial charge in [0, 0.05) is 0 Å². The number of carboxylic acids is 1. The molecule has 0 spiro atoms. The van der Waals surface area contributed by atoms with E-state index in [0.29, 0.717) is 5.56 Å². The molecule has 1 unspecified atom stereocenters. The van der Waals surface area contributed by atoms with Gasteiger partial charge in [-0.05, 0) is 34.5 Å². The third kappa shape index (κ3) is 2.20. The van der Waals surface area contributed by atoms with Crippen LogP contribution in [0.1, 0.15) is 17.2 Å². The summed E-state index contributed by atoms with van der Waals surface area (Å²) < 4.78 is 0.176. The minimum Gasteiger partial charge on any atom is -0.479 e. The lowest BCUT2D eigenvalue weighted by molar-refractivity contribution is -0.386. The van der Waals surface area contributed by atoms with E-state index in [0.717, 1.165) is 0 Å². The van der Waals surface area contributed by atoms with E-state index in [1.807, 2.05) is 0 Å². The molecule has 1 atom stereocenters. The number of hydrogen-bond donors (Lipinski definition) is 2. The fraction of sp³-hybridized carbons (Fsp3) is 0.222. The number of hydrogen-bond acceptors (Lipinski definition) is 4. The zero-order chi connectivity index (χ0) is 12.5. The molecule has 0 aromatic heterocycles. The minimum atomic E-state index is -1.91. The first-order valence-electron chi connectivity index (χ1n) is 4.20. The molecule has 1 rings (SSSR count). The smallest absolute Gasteiger partial charge is 0.337 e. The van der Waals surface area contributed by atoms with Gasteiger partial charge < -0.3 is 10.2 Å². The van der Waals surface area contributed by atoms with Crippen molar-refractivity contribution < 1.29 is 19.9 Å². The fourth-order valence-corrected chi connectivity index (χ4v) is 1.73. The van der Waals surface area contributed by atoms with Gasteiger partial charge in [0.05, 0.1) is 15.0 Å². The number of nitro groups is 1. The van der Waals surface area contributed by atoms with E-state index in [9.17, 15) is 20.0 Å². The molecular weight excluding hydrogens is 282 g/mol. The van der Waals surface area contributed by atoms with Crippen LogP contribution < -0.4 is 0 Å². The standard InChI is InChI=1S/C9H8BrNO5/c1-4-2-3-5(8(12)9(13)14)7(6(4)10)11(15)16/h2-3,8,12H,1H3,(H,13,14). The molecule has 86 valence electrons. The summed E-state index contributed by atoms with van der Waals surface area (Å²) in [6, 6.07) is 2.73. The molecule has 0 heterocycles. The van der Waals surface area contributed by atoms with Crippen LogP contribution in [0.5, 0.6) is 0 Å². The van der Waals surface area contributed by atoms with Gasteiger partial charge in [-0.1, -0.05) is 6.07 Å². The number of nitro benzene ring substituents is 1. The normalized spacial score (nSPS) is 12.2. The number of carboxylic acid groups (broad SMARTS) is 1.